The number of nitrogens with one attached hydrogen (secondary N) is 2. The zero-order chi connectivity index (χ0) is 17.3. The van der Waals surface area contributed by atoms with Crippen LogP contribution in [0.25, 0.3) is 0 Å². The SMILES string of the molecule is O=C(NCC1(c2ccc(Cl)cc2)CC1)Nc1ccc(F)c(F)c1F. The molecule has 126 valence electrons. The standard InChI is InChI=1S/C17H14ClF3N2O/c18-11-3-1-10(2-4-11)17(7-8-17)9-22-16(24)23-13-6-5-12(19)14(20)15(13)21/h1-6H,7-9H2,(H2,22,23,24). The lowest BCUT2D eigenvalue weighted by atomic mass is 9.96. The van der Waals surface area contributed by atoms with E-state index in [1.165, 1.54) is 0 Å². The Labute approximate surface area is 141 Å². The van der Waals surface area contributed by atoms with Crippen molar-refractivity contribution >= 4 is 23.3 Å². The highest BCUT2D eigenvalue weighted by molar-refractivity contribution is 6.30. The second kappa shape index (κ2) is 6.36. The largest absolute Gasteiger partial charge is 0.337 e. The summed E-state index contributed by atoms with van der Waals surface area (Å²) in [5.41, 5.74) is 0.489. The van der Waals surface area contributed by atoms with Gasteiger partial charge in [-0.3, -0.25) is 0 Å². The summed E-state index contributed by atoms with van der Waals surface area (Å²) in [7, 11) is 0. The average Bonchev–Trinajstić information content (AvgIpc) is 3.35. The van der Waals surface area contributed by atoms with E-state index in [0.717, 1.165) is 30.5 Å². The number of halogens is 4. The molecule has 2 amide bonds. The van der Waals surface area contributed by atoms with Crippen molar-refractivity contribution in [3.05, 3.63) is 64.4 Å². The van der Waals surface area contributed by atoms with Crippen molar-refractivity contribution < 1.29 is 18.0 Å². The number of hydrogen-bond donors (Lipinski definition) is 2. The Morgan fingerprint density at radius 3 is 2.33 bits per heavy atom. The molecule has 1 aliphatic rings. The normalized spacial score (nSPS) is 15.0. The molecule has 1 saturated carbocycles. The quantitative estimate of drug-likeness (QED) is 0.773. The van der Waals surface area contributed by atoms with Crippen LogP contribution in [0.1, 0.15) is 18.4 Å². The van der Waals surface area contributed by atoms with E-state index in [4.69, 9.17) is 11.6 Å². The van der Waals surface area contributed by atoms with Crippen LogP contribution >= 0.6 is 11.6 Å². The fourth-order valence-corrected chi connectivity index (χ4v) is 2.69. The molecule has 7 heteroatoms. The minimum Gasteiger partial charge on any atom is -0.337 e. The van der Waals surface area contributed by atoms with Crippen LogP contribution in [0.4, 0.5) is 23.7 Å². The molecule has 0 radical (unpaired) electrons. The smallest absolute Gasteiger partial charge is 0.319 e. The van der Waals surface area contributed by atoms with Crippen LogP contribution in [0.5, 0.6) is 0 Å². The highest BCUT2D eigenvalue weighted by atomic mass is 35.5. The van der Waals surface area contributed by atoms with E-state index in [9.17, 15) is 18.0 Å². The number of benzene rings is 2. The maximum absolute atomic E-state index is 13.5. The van der Waals surface area contributed by atoms with Gasteiger partial charge in [-0.15, -0.1) is 0 Å². The first-order valence-electron chi connectivity index (χ1n) is 7.36. The third-order valence-corrected chi connectivity index (χ3v) is 4.43. The monoisotopic (exact) mass is 354 g/mol. The first-order valence-corrected chi connectivity index (χ1v) is 7.73. The lowest BCUT2D eigenvalue weighted by molar-refractivity contribution is 0.251. The van der Waals surface area contributed by atoms with Gasteiger partial charge >= 0.3 is 6.03 Å². The Kier molecular flexibility index (Phi) is 4.41. The molecule has 0 saturated heterocycles. The third-order valence-electron chi connectivity index (χ3n) is 4.18. The third kappa shape index (κ3) is 3.33. The van der Waals surface area contributed by atoms with Crippen LogP contribution in [0.3, 0.4) is 0 Å². The molecule has 0 heterocycles. The van der Waals surface area contributed by atoms with Gasteiger partial charge in [-0.25, -0.2) is 18.0 Å². The van der Waals surface area contributed by atoms with Gasteiger partial charge in [-0.2, -0.15) is 0 Å². The van der Waals surface area contributed by atoms with Gasteiger partial charge in [-0.05, 0) is 42.7 Å². The Hall–Kier alpha value is -2.21. The molecule has 0 unspecified atom stereocenters. The maximum Gasteiger partial charge on any atom is 0.319 e. The number of urea groups is 1. The first-order chi connectivity index (χ1) is 11.4. The number of anilines is 1. The number of amides is 2. The molecule has 0 aliphatic heterocycles. The number of rotatable bonds is 4. The second-order valence-electron chi connectivity index (χ2n) is 5.82. The van der Waals surface area contributed by atoms with Crippen LogP contribution in [0.2, 0.25) is 5.02 Å². The molecule has 0 aromatic heterocycles. The van der Waals surface area contributed by atoms with Crippen molar-refractivity contribution in [1.29, 1.82) is 0 Å². The maximum atomic E-state index is 13.5. The van der Waals surface area contributed by atoms with Gasteiger partial charge in [-0.1, -0.05) is 23.7 Å². The van der Waals surface area contributed by atoms with Crippen molar-refractivity contribution in [2.45, 2.75) is 18.3 Å². The summed E-state index contributed by atoms with van der Waals surface area (Å²) in [6, 6.07) is 8.43. The Morgan fingerprint density at radius 2 is 1.71 bits per heavy atom. The predicted octanol–water partition coefficient (Wildman–Crippen LogP) is 4.61. The zero-order valence-corrected chi connectivity index (χ0v) is 13.3. The fraction of sp³-hybridized carbons (Fsp3) is 0.235. The van der Waals surface area contributed by atoms with Gasteiger partial charge in [0.2, 0.25) is 0 Å². The number of carbonyl (C=O) groups is 1. The highest BCUT2D eigenvalue weighted by Crippen LogP contribution is 2.47. The molecule has 2 aromatic carbocycles. The molecule has 3 nitrogen and oxygen atoms in total. The molecule has 0 bridgehead atoms. The fourth-order valence-electron chi connectivity index (χ4n) is 2.56. The topological polar surface area (TPSA) is 41.1 Å². The minimum absolute atomic E-state index is 0.158. The summed E-state index contributed by atoms with van der Waals surface area (Å²) < 4.78 is 39.6. The minimum atomic E-state index is -1.62. The molecule has 1 aliphatic carbocycles. The number of hydrogen-bond acceptors (Lipinski definition) is 1. The van der Waals surface area contributed by atoms with E-state index in [2.05, 4.69) is 10.6 Å². The summed E-state index contributed by atoms with van der Waals surface area (Å²) >= 11 is 5.87. The summed E-state index contributed by atoms with van der Waals surface area (Å²) in [5, 5.41) is 5.46. The van der Waals surface area contributed by atoms with E-state index in [-0.39, 0.29) is 5.41 Å². The second-order valence-corrected chi connectivity index (χ2v) is 6.25. The molecular weight excluding hydrogens is 341 g/mol. The summed E-state index contributed by atoms with van der Waals surface area (Å²) in [4.78, 5) is 11.9. The lowest BCUT2D eigenvalue weighted by Crippen LogP contribution is -2.35. The Bertz CT molecular complexity index is 776. The van der Waals surface area contributed by atoms with Crippen LogP contribution in [0.15, 0.2) is 36.4 Å². The molecular formula is C17H14ClF3N2O. The van der Waals surface area contributed by atoms with Gasteiger partial charge < -0.3 is 10.6 Å². The van der Waals surface area contributed by atoms with Gasteiger partial charge in [0.25, 0.3) is 0 Å². The summed E-state index contributed by atoms with van der Waals surface area (Å²) in [6.07, 6.45) is 1.82. The Balaban J connectivity index is 1.62. The molecule has 0 atom stereocenters. The summed E-state index contributed by atoms with van der Waals surface area (Å²) in [5.74, 6) is -4.35. The van der Waals surface area contributed by atoms with Crippen LogP contribution in [-0.2, 0) is 5.41 Å². The van der Waals surface area contributed by atoms with Crippen LogP contribution in [-0.4, -0.2) is 12.6 Å². The van der Waals surface area contributed by atoms with Gasteiger partial charge in [0.1, 0.15) is 0 Å². The molecule has 2 aromatic rings. The highest BCUT2D eigenvalue weighted by Gasteiger charge is 2.44. The summed E-state index contributed by atoms with van der Waals surface area (Å²) in [6.45, 7) is 0.353. The van der Waals surface area contributed by atoms with Gasteiger partial charge in [0.15, 0.2) is 17.5 Å². The van der Waals surface area contributed by atoms with Crippen molar-refractivity contribution in [3.8, 4) is 0 Å². The van der Waals surface area contributed by atoms with E-state index >= 15 is 0 Å². The van der Waals surface area contributed by atoms with Crippen molar-refractivity contribution in [2.75, 3.05) is 11.9 Å². The molecule has 1 fully saturated rings. The molecule has 24 heavy (non-hydrogen) atoms. The van der Waals surface area contributed by atoms with Crippen molar-refractivity contribution in [2.24, 2.45) is 0 Å². The van der Waals surface area contributed by atoms with Gasteiger partial charge in [0, 0.05) is 17.0 Å². The van der Waals surface area contributed by atoms with E-state index in [1.54, 1.807) is 12.1 Å². The van der Waals surface area contributed by atoms with Crippen LogP contribution < -0.4 is 10.6 Å². The van der Waals surface area contributed by atoms with Crippen molar-refractivity contribution in [3.63, 3.8) is 0 Å². The first kappa shape index (κ1) is 16.6. The van der Waals surface area contributed by atoms with E-state index < -0.39 is 29.2 Å². The Morgan fingerprint density at radius 1 is 1.04 bits per heavy atom. The lowest BCUT2D eigenvalue weighted by Gasteiger charge is -2.17. The molecule has 2 N–H and O–H groups in total. The molecule has 0 spiro atoms. The van der Waals surface area contributed by atoms with E-state index in [1.807, 2.05) is 12.1 Å². The average molecular weight is 355 g/mol. The molecule has 3 rings (SSSR count). The number of carbonyl (C=O) groups excluding carboxylic acids is 1. The van der Waals surface area contributed by atoms with Crippen LogP contribution in [0, 0.1) is 17.5 Å². The predicted molar refractivity (Wildman–Crippen MR) is 85.7 cm³/mol. The van der Waals surface area contributed by atoms with Crippen molar-refractivity contribution in [1.82, 2.24) is 5.32 Å². The zero-order valence-electron chi connectivity index (χ0n) is 12.5. The van der Waals surface area contributed by atoms with Gasteiger partial charge in [0.05, 0.1) is 5.69 Å². The van der Waals surface area contributed by atoms with E-state index in [0.29, 0.717) is 11.6 Å².